The van der Waals surface area contributed by atoms with Gasteiger partial charge in [0.05, 0.1) is 5.56 Å². The van der Waals surface area contributed by atoms with Gasteiger partial charge in [-0.15, -0.1) is 11.3 Å². The van der Waals surface area contributed by atoms with Crippen LogP contribution in [0.4, 0.5) is 5.00 Å². The van der Waals surface area contributed by atoms with Crippen molar-refractivity contribution in [3.05, 3.63) is 58.0 Å². The van der Waals surface area contributed by atoms with E-state index in [2.05, 4.69) is 29.7 Å². The van der Waals surface area contributed by atoms with Crippen LogP contribution in [0.25, 0.3) is 6.08 Å². The first kappa shape index (κ1) is 15.5. The Bertz CT molecular complexity index is 778. The van der Waals surface area contributed by atoms with E-state index >= 15 is 0 Å². The summed E-state index contributed by atoms with van der Waals surface area (Å²) in [5.41, 5.74) is 3.32. The van der Waals surface area contributed by atoms with Crippen LogP contribution in [0.5, 0.6) is 0 Å². The molecule has 0 unspecified atom stereocenters. The molecule has 0 spiro atoms. The lowest BCUT2D eigenvalue weighted by atomic mass is 9.85. The van der Waals surface area contributed by atoms with E-state index in [1.165, 1.54) is 23.3 Å². The summed E-state index contributed by atoms with van der Waals surface area (Å²) in [7, 11) is 0. The highest BCUT2D eigenvalue weighted by Gasteiger charge is 2.32. The van der Waals surface area contributed by atoms with Crippen LogP contribution in [0.1, 0.15) is 46.1 Å². The van der Waals surface area contributed by atoms with Crippen LogP contribution in [0.2, 0.25) is 0 Å². The van der Waals surface area contributed by atoms with E-state index < -0.39 is 0 Å². The molecule has 2 heterocycles. The van der Waals surface area contributed by atoms with Crippen molar-refractivity contribution in [3.63, 3.8) is 0 Å². The minimum atomic E-state index is -0.146. The number of fused-ring (bicyclic) bond motifs is 3. The number of nitrogens with one attached hydrogen (secondary N) is 2. The van der Waals surface area contributed by atoms with Crippen molar-refractivity contribution in [2.75, 3.05) is 5.32 Å². The summed E-state index contributed by atoms with van der Waals surface area (Å²) >= 11 is 1.78. The van der Waals surface area contributed by atoms with Gasteiger partial charge in [-0.25, -0.2) is 0 Å². The molecular formula is C20H22N2OS. The molecule has 1 aliphatic carbocycles. The Labute approximate surface area is 146 Å². The standard InChI is InChI=1S/C20H22N2OS/c1-2-13-8-10-15-16(12-13)24-20-18(15)19(23)21-17(22-20)11-9-14-6-4-3-5-7-14/h3-7,9,11,13,17,22H,2,8,10,12H2,1H3,(H,21,23)/b11-9+/t13-,17+/m1/s1. The molecule has 1 amide bonds. The van der Waals surface area contributed by atoms with Gasteiger partial charge < -0.3 is 10.6 Å². The molecule has 0 saturated heterocycles. The van der Waals surface area contributed by atoms with Crippen LogP contribution in [0, 0.1) is 5.92 Å². The molecule has 2 atom stereocenters. The SMILES string of the molecule is CC[C@@H]1CCc2c(sc3c2C(=O)N[C@H](/C=C/c2ccccc2)N3)C1. The van der Waals surface area contributed by atoms with E-state index in [0.29, 0.717) is 0 Å². The van der Waals surface area contributed by atoms with Gasteiger partial charge in [0, 0.05) is 4.88 Å². The average molecular weight is 338 g/mol. The van der Waals surface area contributed by atoms with Gasteiger partial charge in [-0.05, 0) is 42.4 Å². The van der Waals surface area contributed by atoms with Crippen LogP contribution in [0.3, 0.4) is 0 Å². The topological polar surface area (TPSA) is 41.1 Å². The number of rotatable bonds is 3. The Morgan fingerprint density at radius 1 is 1.25 bits per heavy atom. The van der Waals surface area contributed by atoms with Gasteiger partial charge in [-0.3, -0.25) is 4.79 Å². The lowest BCUT2D eigenvalue weighted by Crippen LogP contribution is -2.43. The fourth-order valence-electron chi connectivity index (χ4n) is 3.60. The predicted octanol–water partition coefficient (Wildman–Crippen LogP) is 4.46. The molecule has 4 heteroatoms. The Morgan fingerprint density at radius 2 is 2.08 bits per heavy atom. The van der Waals surface area contributed by atoms with Gasteiger partial charge in [0.1, 0.15) is 11.2 Å². The molecule has 2 N–H and O–H groups in total. The molecule has 2 aromatic rings. The highest BCUT2D eigenvalue weighted by molar-refractivity contribution is 7.16. The maximum atomic E-state index is 12.6. The highest BCUT2D eigenvalue weighted by Crippen LogP contribution is 2.41. The minimum Gasteiger partial charge on any atom is -0.353 e. The molecule has 0 bridgehead atoms. The van der Waals surface area contributed by atoms with Gasteiger partial charge in [0.15, 0.2) is 0 Å². The molecule has 124 valence electrons. The van der Waals surface area contributed by atoms with Crippen LogP contribution in [0.15, 0.2) is 36.4 Å². The Kier molecular flexibility index (Phi) is 4.15. The number of amides is 1. The van der Waals surface area contributed by atoms with E-state index in [0.717, 1.165) is 34.9 Å². The van der Waals surface area contributed by atoms with Gasteiger partial charge in [0.25, 0.3) is 5.91 Å². The fourth-order valence-corrected chi connectivity index (χ4v) is 5.00. The van der Waals surface area contributed by atoms with E-state index in [-0.39, 0.29) is 12.1 Å². The maximum absolute atomic E-state index is 12.6. The largest absolute Gasteiger partial charge is 0.353 e. The molecule has 0 fully saturated rings. The van der Waals surface area contributed by atoms with Crippen molar-refractivity contribution in [1.82, 2.24) is 5.32 Å². The summed E-state index contributed by atoms with van der Waals surface area (Å²) in [6.45, 7) is 2.26. The summed E-state index contributed by atoms with van der Waals surface area (Å²) < 4.78 is 0. The average Bonchev–Trinajstić information content (AvgIpc) is 2.98. The number of anilines is 1. The van der Waals surface area contributed by atoms with E-state index in [1.807, 2.05) is 30.4 Å². The van der Waals surface area contributed by atoms with Crippen molar-refractivity contribution in [2.45, 2.75) is 38.8 Å². The lowest BCUT2D eigenvalue weighted by Gasteiger charge is -2.25. The number of carbonyl (C=O) groups is 1. The van der Waals surface area contributed by atoms with Crippen molar-refractivity contribution in [3.8, 4) is 0 Å². The van der Waals surface area contributed by atoms with Crippen LogP contribution in [-0.2, 0) is 12.8 Å². The molecule has 4 rings (SSSR count). The zero-order valence-corrected chi connectivity index (χ0v) is 14.7. The molecule has 1 aromatic heterocycles. The van der Waals surface area contributed by atoms with Crippen molar-refractivity contribution in [2.24, 2.45) is 5.92 Å². The summed E-state index contributed by atoms with van der Waals surface area (Å²) in [6.07, 6.45) is 8.52. The first-order valence-corrected chi connectivity index (χ1v) is 9.51. The highest BCUT2D eigenvalue weighted by atomic mass is 32.1. The minimum absolute atomic E-state index is 0.0684. The predicted molar refractivity (Wildman–Crippen MR) is 100 cm³/mol. The molecule has 2 aliphatic rings. The molecule has 1 aliphatic heterocycles. The Balaban J connectivity index is 1.56. The van der Waals surface area contributed by atoms with Gasteiger partial charge in [-0.1, -0.05) is 49.8 Å². The molecule has 0 radical (unpaired) electrons. The zero-order chi connectivity index (χ0) is 16.5. The molecular weight excluding hydrogens is 316 g/mol. The second kappa shape index (κ2) is 6.44. The Hall–Kier alpha value is -2.07. The van der Waals surface area contributed by atoms with Crippen LogP contribution >= 0.6 is 11.3 Å². The maximum Gasteiger partial charge on any atom is 0.256 e. The molecule has 24 heavy (non-hydrogen) atoms. The van der Waals surface area contributed by atoms with Gasteiger partial charge in [0.2, 0.25) is 0 Å². The monoisotopic (exact) mass is 338 g/mol. The van der Waals surface area contributed by atoms with Crippen LogP contribution < -0.4 is 10.6 Å². The van der Waals surface area contributed by atoms with Crippen molar-refractivity contribution >= 4 is 28.3 Å². The van der Waals surface area contributed by atoms with Gasteiger partial charge in [-0.2, -0.15) is 0 Å². The Morgan fingerprint density at radius 3 is 2.88 bits per heavy atom. The number of benzene rings is 1. The number of hydrogen-bond acceptors (Lipinski definition) is 3. The first-order chi connectivity index (χ1) is 11.7. The summed E-state index contributed by atoms with van der Waals surface area (Å²) in [5, 5.41) is 7.61. The third-order valence-corrected chi connectivity index (χ3v) is 6.21. The van der Waals surface area contributed by atoms with E-state index in [1.54, 1.807) is 11.3 Å². The van der Waals surface area contributed by atoms with Crippen molar-refractivity contribution in [1.29, 1.82) is 0 Å². The smallest absolute Gasteiger partial charge is 0.256 e. The van der Waals surface area contributed by atoms with E-state index in [4.69, 9.17) is 0 Å². The third kappa shape index (κ3) is 2.86. The summed E-state index contributed by atoms with van der Waals surface area (Å²) in [4.78, 5) is 14.0. The summed E-state index contributed by atoms with van der Waals surface area (Å²) in [5.74, 6) is 0.841. The fraction of sp³-hybridized carbons (Fsp3) is 0.350. The normalized spacial score (nSPS) is 22.6. The first-order valence-electron chi connectivity index (χ1n) is 8.69. The van der Waals surface area contributed by atoms with Crippen molar-refractivity contribution < 1.29 is 4.79 Å². The molecule has 1 aromatic carbocycles. The second-order valence-corrected chi connectivity index (χ2v) is 7.70. The second-order valence-electron chi connectivity index (χ2n) is 6.59. The lowest BCUT2D eigenvalue weighted by molar-refractivity contribution is 0.0942. The third-order valence-electron chi connectivity index (χ3n) is 5.03. The number of hydrogen-bond donors (Lipinski definition) is 2. The number of thiophene rings is 1. The van der Waals surface area contributed by atoms with E-state index in [9.17, 15) is 4.79 Å². The van der Waals surface area contributed by atoms with Gasteiger partial charge >= 0.3 is 0 Å². The summed E-state index contributed by atoms with van der Waals surface area (Å²) in [6, 6.07) is 10.1. The molecule has 0 saturated carbocycles. The molecule has 3 nitrogen and oxygen atoms in total. The zero-order valence-electron chi connectivity index (χ0n) is 13.8. The van der Waals surface area contributed by atoms with Crippen LogP contribution in [-0.4, -0.2) is 12.1 Å². The quantitative estimate of drug-likeness (QED) is 0.867. The number of carbonyl (C=O) groups excluding carboxylic acids is 1.